The standard InChI is InChI=1S/C18H28O4/c1-3-18(19)22-15-11-7-5-4-6-10-14-21-17-13-9-8-12-16(17)20-2/h8-9,12-13H,3-7,10-11,14-15H2,1-2H3. The normalized spacial score (nSPS) is 10.3. The summed E-state index contributed by atoms with van der Waals surface area (Å²) < 4.78 is 16.0. The van der Waals surface area contributed by atoms with Crippen LogP contribution in [-0.2, 0) is 9.53 Å². The molecule has 0 aliphatic carbocycles. The third-order valence-corrected chi connectivity index (χ3v) is 3.42. The average Bonchev–Trinajstić information content (AvgIpc) is 2.56. The molecule has 4 heteroatoms. The lowest BCUT2D eigenvalue weighted by Gasteiger charge is -2.10. The van der Waals surface area contributed by atoms with Crippen molar-refractivity contribution in [1.82, 2.24) is 0 Å². The van der Waals surface area contributed by atoms with Gasteiger partial charge in [-0.3, -0.25) is 4.79 Å². The van der Waals surface area contributed by atoms with Crippen LogP contribution in [0, 0.1) is 0 Å². The minimum Gasteiger partial charge on any atom is -0.493 e. The van der Waals surface area contributed by atoms with Gasteiger partial charge in [-0.25, -0.2) is 0 Å². The zero-order valence-electron chi connectivity index (χ0n) is 13.8. The SMILES string of the molecule is CCC(=O)OCCCCCCCCOc1ccccc1OC. The molecule has 0 bridgehead atoms. The molecule has 0 heterocycles. The molecule has 0 atom stereocenters. The lowest BCUT2D eigenvalue weighted by molar-refractivity contribution is -0.143. The van der Waals surface area contributed by atoms with Gasteiger partial charge in [-0.2, -0.15) is 0 Å². The van der Waals surface area contributed by atoms with Crippen LogP contribution in [0.2, 0.25) is 0 Å². The first-order valence-corrected chi connectivity index (χ1v) is 8.19. The smallest absolute Gasteiger partial charge is 0.305 e. The van der Waals surface area contributed by atoms with Crippen molar-refractivity contribution in [3.05, 3.63) is 24.3 Å². The summed E-state index contributed by atoms with van der Waals surface area (Å²) in [5.74, 6) is 1.49. The number of ether oxygens (including phenoxy) is 3. The highest BCUT2D eigenvalue weighted by Crippen LogP contribution is 2.25. The molecule has 1 rings (SSSR count). The van der Waals surface area contributed by atoms with E-state index >= 15 is 0 Å². The maximum absolute atomic E-state index is 10.9. The maximum atomic E-state index is 10.9. The summed E-state index contributed by atoms with van der Waals surface area (Å²) in [6.07, 6.45) is 7.11. The van der Waals surface area contributed by atoms with Crippen LogP contribution in [0.4, 0.5) is 0 Å². The van der Waals surface area contributed by atoms with Crippen molar-refractivity contribution >= 4 is 5.97 Å². The Morgan fingerprint density at radius 3 is 2.14 bits per heavy atom. The molecule has 0 spiro atoms. The van der Waals surface area contributed by atoms with Crippen molar-refractivity contribution in [2.45, 2.75) is 51.9 Å². The summed E-state index contributed by atoms with van der Waals surface area (Å²) >= 11 is 0. The Labute approximate surface area is 133 Å². The minimum absolute atomic E-state index is 0.103. The molecule has 1 aromatic rings. The van der Waals surface area contributed by atoms with Crippen molar-refractivity contribution in [1.29, 1.82) is 0 Å². The van der Waals surface area contributed by atoms with Crippen molar-refractivity contribution in [2.24, 2.45) is 0 Å². The van der Waals surface area contributed by atoms with E-state index in [1.54, 1.807) is 7.11 Å². The molecule has 0 aliphatic heterocycles. The quantitative estimate of drug-likeness (QED) is 0.425. The highest BCUT2D eigenvalue weighted by Gasteiger charge is 2.02. The molecule has 0 unspecified atom stereocenters. The molecule has 0 saturated heterocycles. The summed E-state index contributed by atoms with van der Waals surface area (Å²) in [4.78, 5) is 10.9. The molecular weight excluding hydrogens is 280 g/mol. The van der Waals surface area contributed by atoms with Crippen LogP contribution < -0.4 is 9.47 Å². The van der Waals surface area contributed by atoms with Crippen LogP contribution in [0.3, 0.4) is 0 Å². The molecule has 124 valence electrons. The Kier molecular flexibility index (Phi) is 9.92. The van der Waals surface area contributed by atoms with E-state index in [2.05, 4.69) is 0 Å². The molecule has 1 aromatic carbocycles. The Morgan fingerprint density at radius 1 is 0.909 bits per heavy atom. The summed E-state index contributed by atoms with van der Waals surface area (Å²) in [5.41, 5.74) is 0. The maximum Gasteiger partial charge on any atom is 0.305 e. The van der Waals surface area contributed by atoms with Crippen LogP contribution in [0.5, 0.6) is 11.5 Å². The van der Waals surface area contributed by atoms with Crippen LogP contribution >= 0.6 is 0 Å². The summed E-state index contributed by atoms with van der Waals surface area (Å²) in [7, 11) is 1.65. The van der Waals surface area contributed by atoms with E-state index in [0.29, 0.717) is 19.6 Å². The second kappa shape index (κ2) is 11.9. The van der Waals surface area contributed by atoms with Gasteiger partial charge in [0.1, 0.15) is 0 Å². The summed E-state index contributed by atoms with van der Waals surface area (Å²) in [6, 6.07) is 7.71. The second-order valence-corrected chi connectivity index (χ2v) is 5.19. The molecule has 0 saturated carbocycles. The number of para-hydroxylation sites is 2. The van der Waals surface area contributed by atoms with Gasteiger partial charge in [-0.05, 0) is 25.0 Å². The van der Waals surface area contributed by atoms with Gasteiger partial charge in [0, 0.05) is 6.42 Å². The van der Waals surface area contributed by atoms with Crippen LogP contribution in [0.15, 0.2) is 24.3 Å². The average molecular weight is 308 g/mol. The highest BCUT2D eigenvalue weighted by atomic mass is 16.5. The summed E-state index contributed by atoms with van der Waals surface area (Å²) in [5, 5.41) is 0. The van der Waals surface area contributed by atoms with Crippen molar-refractivity contribution in [3.8, 4) is 11.5 Å². The first-order valence-electron chi connectivity index (χ1n) is 8.19. The molecule has 0 fully saturated rings. The Balaban J connectivity index is 1.94. The lowest BCUT2D eigenvalue weighted by Crippen LogP contribution is -2.03. The van der Waals surface area contributed by atoms with Crippen LogP contribution in [-0.4, -0.2) is 26.3 Å². The van der Waals surface area contributed by atoms with Gasteiger partial charge in [0.2, 0.25) is 0 Å². The largest absolute Gasteiger partial charge is 0.493 e. The Morgan fingerprint density at radius 2 is 1.50 bits per heavy atom. The van der Waals surface area contributed by atoms with Gasteiger partial charge in [-0.15, -0.1) is 0 Å². The van der Waals surface area contributed by atoms with E-state index in [1.807, 2.05) is 31.2 Å². The molecule has 0 N–H and O–H groups in total. The van der Waals surface area contributed by atoms with Crippen LogP contribution in [0.1, 0.15) is 51.9 Å². The van der Waals surface area contributed by atoms with E-state index in [-0.39, 0.29) is 5.97 Å². The lowest BCUT2D eigenvalue weighted by atomic mass is 10.1. The second-order valence-electron chi connectivity index (χ2n) is 5.19. The first-order chi connectivity index (χ1) is 10.8. The van der Waals surface area contributed by atoms with E-state index in [0.717, 1.165) is 37.2 Å². The molecular formula is C18H28O4. The highest BCUT2D eigenvalue weighted by molar-refractivity contribution is 5.68. The number of methoxy groups -OCH3 is 1. The predicted molar refractivity (Wildman–Crippen MR) is 87.4 cm³/mol. The number of hydrogen-bond acceptors (Lipinski definition) is 4. The first kappa shape index (κ1) is 18.3. The third kappa shape index (κ3) is 7.91. The van der Waals surface area contributed by atoms with Crippen molar-refractivity contribution in [2.75, 3.05) is 20.3 Å². The number of benzene rings is 1. The number of rotatable bonds is 12. The number of carbonyl (C=O) groups excluding carboxylic acids is 1. The van der Waals surface area contributed by atoms with E-state index < -0.39 is 0 Å². The molecule has 0 amide bonds. The fraction of sp³-hybridized carbons (Fsp3) is 0.611. The molecule has 22 heavy (non-hydrogen) atoms. The zero-order valence-corrected chi connectivity index (χ0v) is 13.8. The van der Waals surface area contributed by atoms with E-state index in [9.17, 15) is 4.79 Å². The van der Waals surface area contributed by atoms with E-state index in [4.69, 9.17) is 14.2 Å². The van der Waals surface area contributed by atoms with Gasteiger partial charge in [0.05, 0.1) is 20.3 Å². The molecule has 0 radical (unpaired) electrons. The third-order valence-electron chi connectivity index (χ3n) is 3.42. The fourth-order valence-electron chi connectivity index (χ4n) is 2.12. The van der Waals surface area contributed by atoms with Gasteiger partial charge in [0.25, 0.3) is 0 Å². The molecule has 0 aromatic heterocycles. The van der Waals surface area contributed by atoms with Crippen molar-refractivity contribution < 1.29 is 19.0 Å². The van der Waals surface area contributed by atoms with E-state index in [1.165, 1.54) is 12.8 Å². The van der Waals surface area contributed by atoms with Crippen molar-refractivity contribution in [3.63, 3.8) is 0 Å². The molecule has 0 aliphatic rings. The fourth-order valence-corrected chi connectivity index (χ4v) is 2.12. The van der Waals surface area contributed by atoms with Gasteiger partial charge < -0.3 is 14.2 Å². The monoisotopic (exact) mass is 308 g/mol. The number of unbranched alkanes of at least 4 members (excludes halogenated alkanes) is 5. The zero-order chi connectivity index (χ0) is 16.0. The predicted octanol–water partition coefficient (Wildman–Crippen LogP) is 4.37. The number of hydrogen-bond donors (Lipinski definition) is 0. The summed E-state index contributed by atoms with van der Waals surface area (Å²) in [6.45, 7) is 3.09. The van der Waals surface area contributed by atoms with Gasteiger partial charge >= 0.3 is 5.97 Å². The Hall–Kier alpha value is -1.71. The molecule has 4 nitrogen and oxygen atoms in total. The number of carbonyl (C=O) groups is 1. The Bertz CT molecular complexity index is 417. The van der Waals surface area contributed by atoms with Gasteiger partial charge in [0.15, 0.2) is 11.5 Å². The topological polar surface area (TPSA) is 44.8 Å². The van der Waals surface area contributed by atoms with Crippen LogP contribution in [0.25, 0.3) is 0 Å². The number of esters is 1. The minimum atomic E-state index is -0.103. The van der Waals surface area contributed by atoms with Gasteiger partial charge in [-0.1, -0.05) is 44.7 Å².